The summed E-state index contributed by atoms with van der Waals surface area (Å²) in [5.74, 6) is -0.334. The van der Waals surface area contributed by atoms with Crippen LogP contribution < -0.4 is 0 Å². The van der Waals surface area contributed by atoms with Crippen molar-refractivity contribution in [3.8, 4) is 0 Å². The third-order valence-corrected chi connectivity index (χ3v) is 5.35. The lowest BCUT2D eigenvalue weighted by Gasteiger charge is -2.38. The van der Waals surface area contributed by atoms with Crippen LogP contribution in [0, 0.1) is 5.82 Å². The monoisotopic (exact) mass is 359 g/mol. The maximum absolute atomic E-state index is 14.7. The van der Waals surface area contributed by atoms with Crippen molar-refractivity contribution < 1.29 is 9.18 Å². The van der Waals surface area contributed by atoms with Gasteiger partial charge >= 0.3 is 0 Å². The molecule has 0 saturated heterocycles. The summed E-state index contributed by atoms with van der Waals surface area (Å²) in [6.45, 7) is 2.66. The van der Waals surface area contributed by atoms with E-state index in [4.69, 9.17) is 0 Å². The van der Waals surface area contributed by atoms with Gasteiger partial charge in [-0.15, -0.1) is 0 Å². The predicted molar refractivity (Wildman–Crippen MR) is 105 cm³/mol. The third-order valence-electron chi connectivity index (χ3n) is 5.35. The smallest absolute Gasteiger partial charge is 0.254 e. The second-order valence-corrected chi connectivity index (χ2v) is 6.92. The standard InChI is InChI=1S/C24H22FNO/c1-2-17-11-13-19(14-12-17)24(27)26-16-15-18-7-3-4-8-20(18)23(26)21-9-5-6-10-22(21)25/h3-14,23H,2,15-16H2,1H3/t23-/m1/s1. The molecule has 3 aromatic rings. The van der Waals surface area contributed by atoms with E-state index in [1.54, 1.807) is 12.1 Å². The van der Waals surface area contributed by atoms with Crippen LogP contribution in [0.2, 0.25) is 0 Å². The van der Waals surface area contributed by atoms with Crippen LogP contribution in [0.15, 0.2) is 72.8 Å². The van der Waals surface area contributed by atoms with Gasteiger partial charge in [-0.25, -0.2) is 4.39 Å². The molecular weight excluding hydrogens is 337 g/mol. The highest BCUT2D eigenvalue weighted by Crippen LogP contribution is 2.37. The Hall–Kier alpha value is -2.94. The zero-order valence-electron chi connectivity index (χ0n) is 15.4. The van der Waals surface area contributed by atoms with Gasteiger partial charge in [0, 0.05) is 17.7 Å². The second-order valence-electron chi connectivity index (χ2n) is 6.92. The molecule has 0 aromatic heterocycles. The van der Waals surface area contributed by atoms with Gasteiger partial charge < -0.3 is 4.90 Å². The van der Waals surface area contributed by atoms with E-state index in [2.05, 4.69) is 13.0 Å². The average Bonchev–Trinajstić information content (AvgIpc) is 2.73. The lowest BCUT2D eigenvalue weighted by Crippen LogP contribution is -2.41. The summed E-state index contributed by atoms with van der Waals surface area (Å²) in [6, 6.07) is 22.1. The maximum Gasteiger partial charge on any atom is 0.254 e. The highest BCUT2D eigenvalue weighted by molar-refractivity contribution is 5.95. The van der Waals surface area contributed by atoms with Gasteiger partial charge in [-0.2, -0.15) is 0 Å². The summed E-state index contributed by atoms with van der Waals surface area (Å²) >= 11 is 0. The molecule has 0 bridgehead atoms. The van der Waals surface area contributed by atoms with Crippen LogP contribution >= 0.6 is 0 Å². The number of nitrogens with zero attached hydrogens (tertiary/aromatic N) is 1. The minimum absolute atomic E-state index is 0.0552. The Morgan fingerprint density at radius 2 is 1.63 bits per heavy atom. The van der Waals surface area contributed by atoms with Crippen molar-refractivity contribution >= 4 is 5.91 Å². The molecule has 0 fully saturated rings. The lowest BCUT2D eigenvalue weighted by molar-refractivity contribution is 0.0692. The molecule has 136 valence electrons. The summed E-state index contributed by atoms with van der Waals surface area (Å²) in [5, 5.41) is 0. The Labute approximate surface area is 159 Å². The lowest BCUT2D eigenvalue weighted by atomic mass is 9.87. The number of fused-ring (bicyclic) bond motifs is 1. The summed E-state index contributed by atoms with van der Waals surface area (Å²) in [6.07, 6.45) is 1.71. The number of aryl methyl sites for hydroxylation is 1. The van der Waals surface area contributed by atoms with Crippen molar-refractivity contribution in [3.63, 3.8) is 0 Å². The van der Waals surface area contributed by atoms with E-state index in [0.29, 0.717) is 17.7 Å². The second kappa shape index (κ2) is 7.36. The molecule has 4 rings (SSSR count). The molecule has 3 heteroatoms. The van der Waals surface area contributed by atoms with Gasteiger partial charge in [-0.05, 0) is 47.7 Å². The van der Waals surface area contributed by atoms with E-state index in [1.807, 2.05) is 53.4 Å². The van der Waals surface area contributed by atoms with E-state index in [1.165, 1.54) is 17.2 Å². The van der Waals surface area contributed by atoms with Crippen LogP contribution in [0.4, 0.5) is 4.39 Å². The highest BCUT2D eigenvalue weighted by atomic mass is 19.1. The fraction of sp³-hybridized carbons (Fsp3) is 0.208. The Morgan fingerprint density at radius 3 is 2.33 bits per heavy atom. The van der Waals surface area contributed by atoms with Crippen molar-refractivity contribution in [2.24, 2.45) is 0 Å². The SMILES string of the molecule is CCc1ccc(C(=O)N2CCc3ccccc3[C@@H]2c2ccccc2F)cc1. The summed E-state index contributed by atoms with van der Waals surface area (Å²) in [5.41, 5.74) is 4.57. The van der Waals surface area contributed by atoms with Gasteiger partial charge in [0.05, 0.1) is 6.04 Å². The topological polar surface area (TPSA) is 20.3 Å². The summed E-state index contributed by atoms with van der Waals surface area (Å²) in [7, 11) is 0. The summed E-state index contributed by atoms with van der Waals surface area (Å²) in [4.78, 5) is 15.1. The van der Waals surface area contributed by atoms with Crippen LogP contribution in [0.3, 0.4) is 0 Å². The van der Waals surface area contributed by atoms with Gasteiger partial charge in [-0.1, -0.05) is 61.5 Å². The minimum atomic E-state index is -0.408. The first kappa shape index (κ1) is 17.5. The number of amides is 1. The molecule has 3 aromatic carbocycles. The molecule has 0 unspecified atom stereocenters. The fourth-order valence-corrected chi connectivity index (χ4v) is 3.87. The first-order valence-corrected chi connectivity index (χ1v) is 9.41. The average molecular weight is 359 g/mol. The van der Waals surface area contributed by atoms with Gasteiger partial charge in [0.25, 0.3) is 5.91 Å². The Kier molecular flexibility index (Phi) is 4.76. The number of carbonyl (C=O) groups is 1. The van der Waals surface area contributed by atoms with Crippen LogP contribution in [-0.2, 0) is 12.8 Å². The van der Waals surface area contributed by atoms with E-state index in [0.717, 1.165) is 18.4 Å². The molecule has 1 heterocycles. The molecule has 2 nitrogen and oxygen atoms in total. The zero-order valence-corrected chi connectivity index (χ0v) is 15.4. The molecule has 1 amide bonds. The van der Waals surface area contributed by atoms with Crippen molar-refractivity contribution in [1.29, 1.82) is 0 Å². The Bertz CT molecular complexity index is 964. The normalized spacial score (nSPS) is 16.1. The van der Waals surface area contributed by atoms with E-state index >= 15 is 0 Å². The van der Waals surface area contributed by atoms with Gasteiger partial charge in [0.15, 0.2) is 0 Å². The number of rotatable bonds is 3. The van der Waals surface area contributed by atoms with Crippen molar-refractivity contribution in [2.75, 3.05) is 6.54 Å². The molecular formula is C24H22FNO. The number of hydrogen-bond donors (Lipinski definition) is 0. The number of hydrogen-bond acceptors (Lipinski definition) is 1. The van der Waals surface area contributed by atoms with Gasteiger partial charge in [0.2, 0.25) is 0 Å². The largest absolute Gasteiger partial charge is 0.327 e. The number of carbonyl (C=O) groups excluding carboxylic acids is 1. The molecule has 1 atom stereocenters. The van der Waals surface area contributed by atoms with Crippen molar-refractivity contribution in [1.82, 2.24) is 4.90 Å². The van der Waals surface area contributed by atoms with E-state index in [-0.39, 0.29) is 11.7 Å². The third kappa shape index (κ3) is 3.25. The Balaban J connectivity index is 1.78. The first-order chi connectivity index (χ1) is 13.2. The fourth-order valence-electron chi connectivity index (χ4n) is 3.87. The summed E-state index contributed by atoms with van der Waals surface area (Å²) < 4.78 is 14.7. The van der Waals surface area contributed by atoms with Crippen LogP contribution in [0.25, 0.3) is 0 Å². The first-order valence-electron chi connectivity index (χ1n) is 9.41. The van der Waals surface area contributed by atoms with Crippen LogP contribution in [0.5, 0.6) is 0 Å². The molecule has 0 aliphatic carbocycles. The molecule has 0 spiro atoms. The molecule has 1 aliphatic rings. The van der Waals surface area contributed by atoms with E-state index in [9.17, 15) is 9.18 Å². The highest BCUT2D eigenvalue weighted by Gasteiger charge is 2.33. The quantitative estimate of drug-likeness (QED) is 0.631. The number of halogens is 1. The zero-order chi connectivity index (χ0) is 18.8. The van der Waals surface area contributed by atoms with Crippen LogP contribution in [0.1, 0.15) is 45.6 Å². The maximum atomic E-state index is 14.7. The minimum Gasteiger partial charge on any atom is -0.327 e. The molecule has 27 heavy (non-hydrogen) atoms. The predicted octanol–water partition coefficient (Wildman–Crippen LogP) is 5.18. The molecule has 0 radical (unpaired) electrons. The molecule has 1 aliphatic heterocycles. The van der Waals surface area contributed by atoms with Crippen molar-refractivity contribution in [2.45, 2.75) is 25.8 Å². The number of benzene rings is 3. The molecule has 0 saturated carbocycles. The Morgan fingerprint density at radius 1 is 0.963 bits per heavy atom. The molecule has 0 N–H and O–H groups in total. The van der Waals surface area contributed by atoms with Crippen LogP contribution in [-0.4, -0.2) is 17.4 Å². The van der Waals surface area contributed by atoms with Gasteiger partial charge in [0.1, 0.15) is 5.82 Å². The van der Waals surface area contributed by atoms with E-state index < -0.39 is 6.04 Å². The van der Waals surface area contributed by atoms with Crippen molar-refractivity contribution in [3.05, 3.63) is 106 Å². The van der Waals surface area contributed by atoms with Gasteiger partial charge in [-0.3, -0.25) is 4.79 Å².